The van der Waals surface area contributed by atoms with Crippen LogP contribution in [-0.4, -0.2) is 23.9 Å². The van der Waals surface area contributed by atoms with Gasteiger partial charge in [0, 0.05) is 12.1 Å². The van der Waals surface area contributed by atoms with Gasteiger partial charge >= 0.3 is 0 Å². The second-order valence-electron chi connectivity index (χ2n) is 5.26. The van der Waals surface area contributed by atoms with Crippen molar-refractivity contribution < 1.29 is 9.53 Å². The van der Waals surface area contributed by atoms with Gasteiger partial charge in [-0.05, 0) is 50.8 Å². The molecule has 1 fully saturated rings. The standard InChI is InChI=1S/C15H20ClNO2/c1-10(2)19-13-5-3-4-12(8-13)15(18)17-9-14(16)11-6-7-11/h3-5,8,10-11,14H,6-7,9H2,1-2H3,(H,17,18). The number of hydrogen-bond donors (Lipinski definition) is 1. The van der Waals surface area contributed by atoms with E-state index in [9.17, 15) is 4.79 Å². The molecule has 1 amide bonds. The number of rotatable bonds is 6. The molecule has 1 N–H and O–H groups in total. The lowest BCUT2D eigenvalue weighted by Crippen LogP contribution is -2.30. The van der Waals surface area contributed by atoms with Crippen molar-refractivity contribution in [2.24, 2.45) is 5.92 Å². The van der Waals surface area contributed by atoms with Crippen LogP contribution in [0.5, 0.6) is 5.75 Å². The third kappa shape index (κ3) is 4.43. The number of carbonyl (C=O) groups excluding carboxylic acids is 1. The van der Waals surface area contributed by atoms with Gasteiger partial charge in [-0.15, -0.1) is 11.6 Å². The minimum absolute atomic E-state index is 0.0547. The second kappa shape index (κ2) is 6.29. The van der Waals surface area contributed by atoms with Gasteiger partial charge in [0.1, 0.15) is 5.75 Å². The molecule has 0 heterocycles. The maximum absolute atomic E-state index is 12.0. The van der Waals surface area contributed by atoms with Gasteiger partial charge < -0.3 is 10.1 Å². The third-order valence-electron chi connectivity index (χ3n) is 3.06. The van der Waals surface area contributed by atoms with E-state index in [0.29, 0.717) is 23.8 Å². The third-order valence-corrected chi connectivity index (χ3v) is 3.57. The van der Waals surface area contributed by atoms with Gasteiger partial charge in [-0.25, -0.2) is 0 Å². The van der Waals surface area contributed by atoms with Crippen LogP contribution in [0.15, 0.2) is 24.3 Å². The highest BCUT2D eigenvalue weighted by atomic mass is 35.5. The summed E-state index contributed by atoms with van der Waals surface area (Å²) in [6, 6.07) is 7.22. The molecule has 1 unspecified atom stereocenters. The summed E-state index contributed by atoms with van der Waals surface area (Å²) in [5.74, 6) is 1.20. The fourth-order valence-corrected chi connectivity index (χ4v) is 2.23. The van der Waals surface area contributed by atoms with Crippen molar-refractivity contribution in [1.29, 1.82) is 0 Å². The summed E-state index contributed by atoms with van der Waals surface area (Å²) in [4.78, 5) is 12.0. The molecule has 0 aliphatic heterocycles. The summed E-state index contributed by atoms with van der Waals surface area (Å²) in [6.45, 7) is 4.45. The van der Waals surface area contributed by atoms with Gasteiger partial charge in [-0.1, -0.05) is 6.07 Å². The van der Waals surface area contributed by atoms with Gasteiger partial charge in [0.05, 0.1) is 11.5 Å². The zero-order valence-electron chi connectivity index (χ0n) is 11.4. The molecule has 0 radical (unpaired) electrons. The number of amides is 1. The van der Waals surface area contributed by atoms with Crippen LogP contribution in [0.25, 0.3) is 0 Å². The molecule has 19 heavy (non-hydrogen) atoms. The minimum atomic E-state index is -0.0968. The first-order valence-electron chi connectivity index (χ1n) is 6.75. The molecule has 1 aromatic rings. The monoisotopic (exact) mass is 281 g/mol. The summed E-state index contributed by atoms with van der Waals surface area (Å²) in [5.41, 5.74) is 0.609. The molecule has 0 bridgehead atoms. The fourth-order valence-electron chi connectivity index (χ4n) is 1.90. The summed E-state index contributed by atoms with van der Waals surface area (Å²) < 4.78 is 5.57. The number of ether oxygens (including phenoxy) is 1. The molecule has 0 aromatic heterocycles. The average Bonchev–Trinajstić information content (AvgIpc) is 3.19. The average molecular weight is 282 g/mol. The highest BCUT2D eigenvalue weighted by Crippen LogP contribution is 2.35. The predicted molar refractivity (Wildman–Crippen MR) is 76.9 cm³/mol. The van der Waals surface area contributed by atoms with Crippen molar-refractivity contribution in [2.45, 2.75) is 38.2 Å². The predicted octanol–water partition coefficient (Wildman–Crippen LogP) is 3.22. The van der Waals surface area contributed by atoms with Crippen molar-refractivity contribution in [3.63, 3.8) is 0 Å². The summed E-state index contributed by atoms with van der Waals surface area (Å²) >= 11 is 6.17. The molecule has 4 heteroatoms. The fraction of sp³-hybridized carbons (Fsp3) is 0.533. The Hall–Kier alpha value is -1.22. The van der Waals surface area contributed by atoms with Crippen molar-refractivity contribution in [1.82, 2.24) is 5.32 Å². The van der Waals surface area contributed by atoms with Gasteiger partial charge in [0.2, 0.25) is 0 Å². The molecule has 0 spiro atoms. The minimum Gasteiger partial charge on any atom is -0.491 e. The lowest BCUT2D eigenvalue weighted by Gasteiger charge is -2.12. The Morgan fingerprint density at radius 2 is 2.21 bits per heavy atom. The van der Waals surface area contributed by atoms with E-state index in [0.717, 1.165) is 0 Å². The molecule has 3 nitrogen and oxygen atoms in total. The van der Waals surface area contributed by atoms with Crippen LogP contribution in [0.2, 0.25) is 0 Å². The second-order valence-corrected chi connectivity index (χ2v) is 5.82. The van der Waals surface area contributed by atoms with Crippen LogP contribution in [-0.2, 0) is 0 Å². The number of carbonyl (C=O) groups is 1. The van der Waals surface area contributed by atoms with Crippen LogP contribution >= 0.6 is 11.6 Å². The first kappa shape index (κ1) is 14.2. The SMILES string of the molecule is CC(C)Oc1cccc(C(=O)NCC(Cl)C2CC2)c1. The maximum Gasteiger partial charge on any atom is 0.251 e. The van der Waals surface area contributed by atoms with Crippen molar-refractivity contribution in [3.05, 3.63) is 29.8 Å². The number of alkyl halides is 1. The Balaban J connectivity index is 1.90. The number of halogens is 1. The zero-order valence-corrected chi connectivity index (χ0v) is 12.1. The van der Waals surface area contributed by atoms with Gasteiger partial charge in [0.25, 0.3) is 5.91 Å². The van der Waals surface area contributed by atoms with Gasteiger partial charge in [0.15, 0.2) is 0 Å². The lowest BCUT2D eigenvalue weighted by molar-refractivity contribution is 0.0952. The Kier molecular flexibility index (Phi) is 4.70. The summed E-state index contributed by atoms with van der Waals surface area (Å²) in [6.07, 6.45) is 2.46. The Morgan fingerprint density at radius 1 is 1.47 bits per heavy atom. The zero-order chi connectivity index (χ0) is 13.8. The van der Waals surface area contributed by atoms with E-state index in [1.807, 2.05) is 26.0 Å². The number of benzene rings is 1. The first-order chi connectivity index (χ1) is 9.06. The normalized spacial score (nSPS) is 16.2. The van der Waals surface area contributed by atoms with E-state index in [2.05, 4.69) is 5.32 Å². The van der Waals surface area contributed by atoms with E-state index in [1.165, 1.54) is 12.8 Å². The lowest BCUT2D eigenvalue weighted by atomic mass is 10.2. The maximum atomic E-state index is 12.0. The molecule has 2 rings (SSSR count). The molecule has 1 aliphatic rings. The smallest absolute Gasteiger partial charge is 0.251 e. The molecule has 1 saturated carbocycles. The first-order valence-corrected chi connectivity index (χ1v) is 7.19. The number of hydrogen-bond acceptors (Lipinski definition) is 2. The number of nitrogens with one attached hydrogen (secondary N) is 1. The highest BCUT2D eigenvalue weighted by molar-refractivity contribution is 6.21. The van der Waals surface area contributed by atoms with E-state index >= 15 is 0 Å². The van der Waals surface area contributed by atoms with Crippen LogP contribution in [0.1, 0.15) is 37.0 Å². The topological polar surface area (TPSA) is 38.3 Å². The van der Waals surface area contributed by atoms with E-state index < -0.39 is 0 Å². The van der Waals surface area contributed by atoms with E-state index in [-0.39, 0.29) is 17.4 Å². The molecular weight excluding hydrogens is 262 g/mol. The van der Waals surface area contributed by atoms with Crippen LogP contribution < -0.4 is 10.1 Å². The molecule has 1 atom stereocenters. The van der Waals surface area contributed by atoms with E-state index in [4.69, 9.17) is 16.3 Å². The molecule has 1 aromatic carbocycles. The Bertz CT molecular complexity index is 444. The van der Waals surface area contributed by atoms with Crippen molar-refractivity contribution >= 4 is 17.5 Å². The Morgan fingerprint density at radius 3 is 2.84 bits per heavy atom. The van der Waals surface area contributed by atoms with Crippen molar-refractivity contribution in [3.8, 4) is 5.75 Å². The summed E-state index contributed by atoms with van der Waals surface area (Å²) in [7, 11) is 0. The van der Waals surface area contributed by atoms with Crippen molar-refractivity contribution in [2.75, 3.05) is 6.54 Å². The molecule has 104 valence electrons. The largest absolute Gasteiger partial charge is 0.491 e. The molecule has 0 saturated heterocycles. The van der Waals surface area contributed by atoms with Crippen LogP contribution in [0, 0.1) is 5.92 Å². The summed E-state index contributed by atoms with van der Waals surface area (Å²) in [5, 5.41) is 2.93. The Labute approximate surface area is 119 Å². The molecule has 1 aliphatic carbocycles. The van der Waals surface area contributed by atoms with Crippen LogP contribution in [0.4, 0.5) is 0 Å². The highest BCUT2D eigenvalue weighted by Gasteiger charge is 2.29. The van der Waals surface area contributed by atoms with Gasteiger partial charge in [-0.3, -0.25) is 4.79 Å². The van der Waals surface area contributed by atoms with Gasteiger partial charge in [-0.2, -0.15) is 0 Å². The van der Waals surface area contributed by atoms with E-state index in [1.54, 1.807) is 12.1 Å². The quantitative estimate of drug-likeness (QED) is 0.813. The van der Waals surface area contributed by atoms with Crippen LogP contribution in [0.3, 0.4) is 0 Å². The molecular formula is C15H20ClNO2.